The van der Waals surface area contributed by atoms with Crippen molar-refractivity contribution in [3.05, 3.63) is 47.5 Å². The van der Waals surface area contributed by atoms with Crippen molar-refractivity contribution >= 4 is 34.6 Å². The Morgan fingerprint density at radius 2 is 1.96 bits per heavy atom. The number of hydrogen-bond acceptors (Lipinski definition) is 7. The molecule has 0 unspecified atom stereocenters. The van der Waals surface area contributed by atoms with E-state index in [-0.39, 0.29) is 17.9 Å². The highest BCUT2D eigenvalue weighted by Crippen LogP contribution is 2.18. The van der Waals surface area contributed by atoms with Crippen LogP contribution in [-0.2, 0) is 0 Å². The van der Waals surface area contributed by atoms with Gasteiger partial charge in [0.05, 0.1) is 23.6 Å². The maximum Gasteiger partial charge on any atom is 0.271 e. The van der Waals surface area contributed by atoms with E-state index in [0.29, 0.717) is 30.8 Å². The molecule has 0 aliphatic carbocycles. The summed E-state index contributed by atoms with van der Waals surface area (Å²) < 4.78 is 8.38. The summed E-state index contributed by atoms with van der Waals surface area (Å²) >= 11 is 1.14. The van der Waals surface area contributed by atoms with E-state index >= 15 is 0 Å². The minimum atomic E-state index is -0.223. The van der Waals surface area contributed by atoms with Crippen molar-refractivity contribution in [1.82, 2.24) is 28.9 Å². The van der Waals surface area contributed by atoms with Crippen LogP contribution < -0.4 is 5.32 Å². The number of nitrogens with zero attached hydrogens (tertiary/aromatic N) is 5. The number of carbonyl (C=O) groups is 2. The van der Waals surface area contributed by atoms with E-state index in [9.17, 15) is 9.59 Å². The third-order valence-corrected chi connectivity index (χ3v) is 5.42. The Morgan fingerprint density at radius 1 is 1.11 bits per heavy atom. The average molecular weight is 396 g/mol. The van der Waals surface area contributed by atoms with E-state index in [0.717, 1.165) is 41.3 Å². The summed E-state index contributed by atoms with van der Waals surface area (Å²) in [6.45, 7) is 3.09. The van der Waals surface area contributed by atoms with Gasteiger partial charge in [0.25, 0.3) is 11.8 Å². The number of amides is 2. The van der Waals surface area contributed by atoms with Crippen LogP contribution in [0.5, 0.6) is 0 Å². The quantitative estimate of drug-likeness (QED) is 0.728. The Morgan fingerprint density at radius 3 is 2.79 bits per heavy atom. The molecule has 3 heterocycles. The van der Waals surface area contributed by atoms with Crippen LogP contribution in [0.3, 0.4) is 0 Å². The van der Waals surface area contributed by atoms with Crippen LogP contribution in [-0.4, -0.2) is 54.6 Å². The summed E-state index contributed by atoms with van der Waals surface area (Å²) in [5.41, 5.74) is 3.26. The first-order valence-corrected chi connectivity index (χ1v) is 9.94. The fraction of sp³-hybridized carbons (Fsp3) is 0.368. The lowest BCUT2D eigenvalue weighted by Crippen LogP contribution is -2.37. The van der Waals surface area contributed by atoms with Gasteiger partial charge in [-0.15, -0.1) is 0 Å². The van der Waals surface area contributed by atoms with Crippen molar-refractivity contribution in [1.29, 1.82) is 0 Å². The third-order valence-electron chi connectivity index (χ3n) is 4.86. The number of aryl methyl sites for hydroxylation is 1. The number of nitrogens with one attached hydrogen (secondary N) is 1. The highest BCUT2D eigenvalue weighted by Gasteiger charge is 2.23. The molecule has 1 aliphatic rings. The highest BCUT2D eigenvalue weighted by molar-refractivity contribution is 7.00. The van der Waals surface area contributed by atoms with Gasteiger partial charge in [0, 0.05) is 30.9 Å². The zero-order valence-corrected chi connectivity index (χ0v) is 16.3. The maximum absolute atomic E-state index is 12.9. The van der Waals surface area contributed by atoms with Crippen molar-refractivity contribution in [2.45, 2.75) is 32.2 Å². The molecule has 144 valence electrons. The van der Waals surface area contributed by atoms with Gasteiger partial charge in [-0.2, -0.15) is 8.75 Å². The Labute approximate surface area is 166 Å². The number of carbonyl (C=O) groups excluding carboxylic acids is 2. The predicted octanol–water partition coefficient (Wildman–Crippen LogP) is 2.21. The van der Waals surface area contributed by atoms with Crippen LogP contribution in [0.15, 0.2) is 30.6 Å². The van der Waals surface area contributed by atoms with Crippen LogP contribution >= 0.6 is 11.7 Å². The van der Waals surface area contributed by atoms with Crippen LogP contribution in [0.25, 0.3) is 11.0 Å². The standard InChI is InChI=1S/C19H20N6O2S/c1-12-10-21-17(11-20-12)18(26)22-14-3-2-7-25(8-6-14)19(27)13-4-5-15-16(9-13)24-28-23-15/h4-5,9-11,14H,2-3,6-8H2,1H3,(H,22,26)/t14-/m1/s1. The molecular formula is C19H20N6O2S. The lowest BCUT2D eigenvalue weighted by atomic mass is 10.1. The van der Waals surface area contributed by atoms with Gasteiger partial charge in [0.1, 0.15) is 16.7 Å². The number of rotatable bonds is 3. The van der Waals surface area contributed by atoms with Crippen LogP contribution in [0.4, 0.5) is 0 Å². The van der Waals surface area contributed by atoms with E-state index in [1.807, 2.05) is 17.9 Å². The zero-order valence-electron chi connectivity index (χ0n) is 15.5. The van der Waals surface area contributed by atoms with Crippen LogP contribution in [0.2, 0.25) is 0 Å². The molecule has 1 N–H and O–H groups in total. The molecule has 1 aromatic carbocycles. The molecule has 0 saturated carbocycles. The van der Waals surface area contributed by atoms with Gasteiger partial charge in [0.2, 0.25) is 0 Å². The van der Waals surface area contributed by atoms with Crippen molar-refractivity contribution < 1.29 is 9.59 Å². The Bertz CT molecular complexity index is 1000. The SMILES string of the molecule is Cc1cnc(C(=O)N[C@@H]2CCCN(C(=O)c3ccc4nsnc4c3)CC2)cn1. The first-order valence-electron chi connectivity index (χ1n) is 9.21. The lowest BCUT2D eigenvalue weighted by Gasteiger charge is -2.21. The minimum Gasteiger partial charge on any atom is -0.348 e. The minimum absolute atomic E-state index is 0.00808. The summed E-state index contributed by atoms with van der Waals surface area (Å²) in [6.07, 6.45) is 5.43. The molecule has 0 radical (unpaired) electrons. The first kappa shape index (κ1) is 18.4. The van der Waals surface area contributed by atoms with E-state index in [1.54, 1.807) is 18.3 Å². The molecule has 1 saturated heterocycles. The number of fused-ring (bicyclic) bond motifs is 1. The Balaban J connectivity index is 1.38. The highest BCUT2D eigenvalue weighted by atomic mass is 32.1. The lowest BCUT2D eigenvalue weighted by molar-refractivity contribution is 0.0761. The molecule has 9 heteroatoms. The van der Waals surface area contributed by atoms with Gasteiger partial charge in [-0.1, -0.05) is 0 Å². The van der Waals surface area contributed by atoms with Crippen LogP contribution in [0.1, 0.15) is 45.8 Å². The topological polar surface area (TPSA) is 101 Å². The van der Waals surface area contributed by atoms with Crippen molar-refractivity contribution in [3.8, 4) is 0 Å². The van der Waals surface area contributed by atoms with E-state index in [2.05, 4.69) is 24.0 Å². The van der Waals surface area contributed by atoms with Gasteiger partial charge >= 0.3 is 0 Å². The predicted molar refractivity (Wildman–Crippen MR) is 105 cm³/mol. The van der Waals surface area contributed by atoms with E-state index in [4.69, 9.17) is 0 Å². The summed E-state index contributed by atoms with van der Waals surface area (Å²) in [5, 5.41) is 3.02. The average Bonchev–Trinajstić information content (AvgIpc) is 3.06. The molecule has 1 fully saturated rings. The molecule has 1 atom stereocenters. The molecule has 1 aliphatic heterocycles. The molecule has 2 amide bonds. The van der Waals surface area contributed by atoms with Gasteiger partial charge in [-0.25, -0.2) is 4.98 Å². The molecule has 28 heavy (non-hydrogen) atoms. The molecule has 0 spiro atoms. The second kappa shape index (κ2) is 7.97. The summed E-state index contributed by atoms with van der Waals surface area (Å²) in [5.74, 6) is -0.231. The molecule has 2 aromatic heterocycles. The van der Waals surface area contributed by atoms with Crippen molar-refractivity contribution in [2.24, 2.45) is 0 Å². The number of benzene rings is 1. The number of likely N-dealkylation sites (tertiary alicyclic amines) is 1. The maximum atomic E-state index is 12.9. The monoisotopic (exact) mass is 396 g/mol. The van der Waals surface area contributed by atoms with Gasteiger partial charge in [0.15, 0.2) is 0 Å². The smallest absolute Gasteiger partial charge is 0.271 e. The van der Waals surface area contributed by atoms with E-state index < -0.39 is 0 Å². The molecular weight excluding hydrogens is 376 g/mol. The van der Waals surface area contributed by atoms with Gasteiger partial charge in [-0.05, 0) is 44.4 Å². The Kier molecular flexibility index (Phi) is 5.25. The molecule has 0 bridgehead atoms. The number of hydrogen-bond donors (Lipinski definition) is 1. The summed E-state index contributed by atoms with van der Waals surface area (Å²) in [4.78, 5) is 35.3. The number of aromatic nitrogens is 4. The largest absolute Gasteiger partial charge is 0.348 e. The van der Waals surface area contributed by atoms with Crippen molar-refractivity contribution in [3.63, 3.8) is 0 Å². The first-order chi connectivity index (χ1) is 13.6. The van der Waals surface area contributed by atoms with Gasteiger partial charge < -0.3 is 10.2 Å². The second-order valence-electron chi connectivity index (χ2n) is 6.90. The molecule has 8 nitrogen and oxygen atoms in total. The van der Waals surface area contributed by atoms with Gasteiger partial charge in [-0.3, -0.25) is 14.6 Å². The third kappa shape index (κ3) is 3.99. The summed E-state index contributed by atoms with van der Waals surface area (Å²) in [6, 6.07) is 5.43. The van der Waals surface area contributed by atoms with Crippen molar-refractivity contribution in [2.75, 3.05) is 13.1 Å². The second-order valence-corrected chi connectivity index (χ2v) is 7.43. The normalized spacial score (nSPS) is 17.3. The Hall–Kier alpha value is -2.94. The van der Waals surface area contributed by atoms with E-state index in [1.165, 1.54) is 6.20 Å². The molecule has 3 aromatic rings. The fourth-order valence-corrected chi connectivity index (χ4v) is 3.83. The summed E-state index contributed by atoms with van der Waals surface area (Å²) in [7, 11) is 0. The zero-order chi connectivity index (χ0) is 19.5. The molecule has 4 rings (SSSR count). The van der Waals surface area contributed by atoms with Crippen LogP contribution in [0, 0.1) is 6.92 Å². The fourth-order valence-electron chi connectivity index (χ4n) is 3.31.